The molecule has 1 rings (SSSR count). The molecule has 0 saturated heterocycles. The van der Waals surface area contributed by atoms with Crippen molar-refractivity contribution in [3.63, 3.8) is 0 Å². The second-order valence-corrected chi connectivity index (χ2v) is 4.98. The Bertz CT molecular complexity index is 189. The number of halogens is 1. The van der Waals surface area contributed by atoms with Crippen LogP contribution in [0.15, 0.2) is 0 Å². The topological polar surface area (TPSA) is 29.1 Å². The number of nitrogens with one attached hydrogen (secondary N) is 1. The highest BCUT2D eigenvalue weighted by molar-refractivity contribution is 7.99. The molecule has 2 unspecified atom stereocenters. The van der Waals surface area contributed by atoms with Crippen molar-refractivity contribution in [3.8, 4) is 0 Å². The average Bonchev–Trinajstić information content (AvgIpc) is 2.19. The van der Waals surface area contributed by atoms with Crippen LogP contribution in [0, 0.1) is 5.92 Å². The number of hydrogen-bond donors (Lipinski definition) is 1. The molecule has 0 aromatic heterocycles. The van der Waals surface area contributed by atoms with E-state index in [0.29, 0.717) is 23.6 Å². The lowest BCUT2D eigenvalue weighted by molar-refractivity contribution is -0.119. The van der Waals surface area contributed by atoms with Gasteiger partial charge in [0.05, 0.1) is 5.75 Å². The van der Waals surface area contributed by atoms with Gasteiger partial charge in [0, 0.05) is 11.9 Å². The minimum atomic E-state index is 0.152. The zero-order valence-corrected chi connectivity index (χ0v) is 10.2. The molecule has 4 heteroatoms. The Balaban J connectivity index is 2.36. The molecule has 2 nitrogen and oxygen atoms in total. The molecule has 2 atom stereocenters. The smallest absolute Gasteiger partial charge is 0.230 e. The van der Waals surface area contributed by atoms with Crippen molar-refractivity contribution in [3.05, 3.63) is 0 Å². The van der Waals surface area contributed by atoms with Crippen molar-refractivity contribution in [2.45, 2.75) is 31.7 Å². The molecule has 14 heavy (non-hydrogen) atoms. The van der Waals surface area contributed by atoms with Crippen LogP contribution in [-0.2, 0) is 4.79 Å². The van der Waals surface area contributed by atoms with E-state index >= 15 is 0 Å². The maximum absolute atomic E-state index is 11.4. The highest BCUT2D eigenvalue weighted by Gasteiger charge is 2.25. The van der Waals surface area contributed by atoms with Gasteiger partial charge in [-0.15, -0.1) is 11.6 Å². The summed E-state index contributed by atoms with van der Waals surface area (Å²) in [6.07, 6.45) is 6.68. The maximum atomic E-state index is 11.4. The van der Waals surface area contributed by atoms with Crippen molar-refractivity contribution in [2.75, 3.05) is 17.9 Å². The number of thioether (sulfide) groups is 1. The SMILES string of the molecule is CSCC(=O)NC1CCCCC1CCl. The predicted molar refractivity (Wildman–Crippen MR) is 63.0 cm³/mol. The number of rotatable bonds is 4. The number of carbonyl (C=O) groups is 1. The third-order valence-electron chi connectivity index (χ3n) is 2.73. The molecular formula is C10H18ClNOS. The number of amides is 1. The van der Waals surface area contributed by atoms with Crippen LogP contribution in [0.1, 0.15) is 25.7 Å². The van der Waals surface area contributed by atoms with Gasteiger partial charge >= 0.3 is 0 Å². The van der Waals surface area contributed by atoms with Gasteiger partial charge in [0.1, 0.15) is 0 Å². The van der Waals surface area contributed by atoms with E-state index in [4.69, 9.17) is 11.6 Å². The molecule has 0 spiro atoms. The fraction of sp³-hybridized carbons (Fsp3) is 0.900. The first-order valence-corrected chi connectivity index (χ1v) is 7.05. The molecular weight excluding hydrogens is 218 g/mol. The second kappa shape index (κ2) is 6.57. The fourth-order valence-electron chi connectivity index (χ4n) is 1.96. The van der Waals surface area contributed by atoms with E-state index in [1.165, 1.54) is 12.8 Å². The van der Waals surface area contributed by atoms with Gasteiger partial charge in [-0.25, -0.2) is 0 Å². The standard InChI is InChI=1S/C10H18ClNOS/c1-14-7-10(13)12-9-5-3-2-4-8(9)6-11/h8-9H,2-7H2,1H3,(H,12,13). The maximum Gasteiger partial charge on any atom is 0.230 e. The largest absolute Gasteiger partial charge is 0.352 e. The normalized spacial score (nSPS) is 27.3. The molecule has 1 saturated carbocycles. The summed E-state index contributed by atoms with van der Waals surface area (Å²) in [5.74, 6) is 1.87. The first-order valence-electron chi connectivity index (χ1n) is 5.12. The molecule has 1 N–H and O–H groups in total. The van der Waals surface area contributed by atoms with Crippen LogP contribution < -0.4 is 5.32 Å². The molecule has 1 aliphatic carbocycles. The molecule has 82 valence electrons. The van der Waals surface area contributed by atoms with Crippen molar-refractivity contribution in [2.24, 2.45) is 5.92 Å². The van der Waals surface area contributed by atoms with Gasteiger partial charge < -0.3 is 5.32 Å². The van der Waals surface area contributed by atoms with E-state index < -0.39 is 0 Å². The zero-order valence-electron chi connectivity index (χ0n) is 8.59. The van der Waals surface area contributed by atoms with Gasteiger partial charge in [-0.1, -0.05) is 12.8 Å². The summed E-state index contributed by atoms with van der Waals surface area (Å²) in [5.41, 5.74) is 0. The lowest BCUT2D eigenvalue weighted by Crippen LogP contribution is -2.43. The highest BCUT2D eigenvalue weighted by atomic mass is 35.5. The Kier molecular flexibility index (Phi) is 5.71. The molecule has 0 aromatic rings. The van der Waals surface area contributed by atoms with Crippen LogP contribution in [0.25, 0.3) is 0 Å². The third kappa shape index (κ3) is 3.70. The zero-order chi connectivity index (χ0) is 10.4. The fourth-order valence-corrected chi connectivity index (χ4v) is 2.68. The summed E-state index contributed by atoms with van der Waals surface area (Å²) in [6.45, 7) is 0. The minimum absolute atomic E-state index is 0.152. The third-order valence-corrected chi connectivity index (χ3v) is 3.68. The van der Waals surface area contributed by atoms with Crippen molar-refractivity contribution in [1.29, 1.82) is 0 Å². The Morgan fingerprint density at radius 2 is 2.21 bits per heavy atom. The van der Waals surface area contributed by atoms with E-state index in [1.54, 1.807) is 11.8 Å². The van der Waals surface area contributed by atoms with Crippen LogP contribution in [0.3, 0.4) is 0 Å². The lowest BCUT2D eigenvalue weighted by atomic mass is 9.86. The monoisotopic (exact) mass is 235 g/mol. The van der Waals surface area contributed by atoms with Gasteiger partial charge in [-0.2, -0.15) is 11.8 Å². The van der Waals surface area contributed by atoms with Crippen LogP contribution in [0.2, 0.25) is 0 Å². The van der Waals surface area contributed by atoms with Crippen LogP contribution >= 0.6 is 23.4 Å². The Labute approximate surface area is 95.2 Å². The van der Waals surface area contributed by atoms with Crippen molar-refractivity contribution < 1.29 is 4.79 Å². The van der Waals surface area contributed by atoms with E-state index in [2.05, 4.69) is 5.32 Å². The Morgan fingerprint density at radius 1 is 1.50 bits per heavy atom. The second-order valence-electron chi connectivity index (χ2n) is 3.81. The predicted octanol–water partition coefficient (Wildman–Crippen LogP) is 2.26. The van der Waals surface area contributed by atoms with Gasteiger partial charge in [-0.3, -0.25) is 4.79 Å². The van der Waals surface area contributed by atoms with E-state index in [1.807, 2.05) is 6.26 Å². The van der Waals surface area contributed by atoms with E-state index in [0.717, 1.165) is 12.8 Å². The summed E-state index contributed by atoms with van der Waals surface area (Å²) in [7, 11) is 0. The van der Waals surface area contributed by atoms with Gasteiger partial charge in [0.2, 0.25) is 5.91 Å². The summed E-state index contributed by atoms with van der Waals surface area (Å²) < 4.78 is 0. The van der Waals surface area contributed by atoms with Gasteiger partial charge in [0.15, 0.2) is 0 Å². The van der Waals surface area contributed by atoms with E-state index in [-0.39, 0.29) is 5.91 Å². The summed E-state index contributed by atoms with van der Waals surface area (Å²) in [6, 6.07) is 0.320. The summed E-state index contributed by atoms with van der Waals surface area (Å²) >= 11 is 7.44. The Hall–Kier alpha value is 0.110. The van der Waals surface area contributed by atoms with Gasteiger partial charge in [0.25, 0.3) is 0 Å². The molecule has 1 fully saturated rings. The molecule has 1 aliphatic rings. The number of alkyl halides is 1. The molecule has 0 aliphatic heterocycles. The lowest BCUT2D eigenvalue weighted by Gasteiger charge is -2.30. The van der Waals surface area contributed by atoms with Crippen LogP contribution in [-0.4, -0.2) is 29.8 Å². The van der Waals surface area contributed by atoms with E-state index in [9.17, 15) is 4.79 Å². The average molecular weight is 236 g/mol. The number of carbonyl (C=O) groups excluding carboxylic acids is 1. The molecule has 0 heterocycles. The van der Waals surface area contributed by atoms with Crippen LogP contribution in [0.5, 0.6) is 0 Å². The number of hydrogen-bond acceptors (Lipinski definition) is 2. The molecule has 1 amide bonds. The first kappa shape index (κ1) is 12.2. The quantitative estimate of drug-likeness (QED) is 0.758. The summed E-state index contributed by atoms with van der Waals surface area (Å²) in [5, 5.41) is 3.08. The first-order chi connectivity index (χ1) is 6.77. The minimum Gasteiger partial charge on any atom is -0.352 e. The molecule has 0 bridgehead atoms. The van der Waals surface area contributed by atoms with Crippen molar-refractivity contribution in [1.82, 2.24) is 5.32 Å². The highest BCUT2D eigenvalue weighted by Crippen LogP contribution is 2.25. The van der Waals surface area contributed by atoms with Crippen molar-refractivity contribution >= 4 is 29.3 Å². The summed E-state index contributed by atoms with van der Waals surface area (Å²) in [4.78, 5) is 11.4. The van der Waals surface area contributed by atoms with Crippen LogP contribution in [0.4, 0.5) is 0 Å². The molecule has 0 radical (unpaired) electrons. The Morgan fingerprint density at radius 3 is 2.86 bits per heavy atom. The van der Waals surface area contributed by atoms with Gasteiger partial charge in [-0.05, 0) is 25.0 Å². The molecule has 0 aromatic carbocycles.